The molecule has 0 amide bonds. The molecule has 3 rings (SSSR count). The van der Waals surface area contributed by atoms with Gasteiger partial charge in [0.15, 0.2) is 0 Å². The molecule has 2 unspecified atom stereocenters. The molecule has 2 fully saturated rings. The van der Waals surface area contributed by atoms with E-state index >= 15 is 0 Å². The van der Waals surface area contributed by atoms with Crippen LogP contribution in [0.5, 0.6) is 0 Å². The second-order valence-corrected chi connectivity index (χ2v) is 3.42. The van der Waals surface area contributed by atoms with Crippen molar-refractivity contribution in [2.75, 3.05) is 13.1 Å². The van der Waals surface area contributed by atoms with Crippen LogP contribution in [0.15, 0.2) is 22.8 Å². The van der Waals surface area contributed by atoms with Crippen LogP contribution in [0.1, 0.15) is 24.8 Å². The zero-order valence-corrected chi connectivity index (χ0v) is 6.94. The lowest BCUT2D eigenvalue weighted by atomic mass is 10.3. The van der Waals surface area contributed by atoms with Gasteiger partial charge in [0.05, 0.1) is 6.26 Å². The minimum atomic E-state index is 0.461. The molecule has 0 aliphatic carbocycles. The summed E-state index contributed by atoms with van der Waals surface area (Å²) >= 11 is 0. The van der Waals surface area contributed by atoms with Crippen molar-refractivity contribution in [1.29, 1.82) is 0 Å². The van der Waals surface area contributed by atoms with E-state index in [0.717, 1.165) is 5.76 Å². The van der Waals surface area contributed by atoms with Gasteiger partial charge in [0.1, 0.15) is 11.9 Å². The summed E-state index contributed by atoms with van der Waals surface area (Å²) in [5, 5.41) is 4.75. The number of nitrogens with zero attached hydrogens (tertiary/aromatic N) is 2. The molecule has 3 heteroatoms. The van der Waals surface area contributed by atoms with Crippen molar-refractivity contribution in [3.05, 3.63) is 24.2 Å². The van der Waals surface area contributed by atoms with Gasteiger partial charge in [0.25, 0.3) is 0 Å². The highest BCUT2D eigenvalue weighted by Gasteiger charge is 2.48. The molecule has 0 saturated carbocycles. The van der Waals surface area contributed by atoms with E-state index in [2.05, 4.69) is 16.1 Å². The van der Waals surface area contributed by atoms with Gasteiger partial charge in [-0.25, -0.2) is 10.0 Å². The molecular weight excluding hydrogens is 152 g/mol. The minimum Gasteiger partial charge on any atom is -0.466 e. The van der Waals surface area contributed by atoms with E-state index < -0.39 is 0 Å². The number of hydrazine groups is 1. The number of fused-ring (bicyclic) bond motifs is 1. The SMILES string of the molecule is c1coc(C2N3CCCCN23)c1. The van der Waals surface area contributed by atoms with E-state index in [9.17, 15) is 0 Å². The maximum Gasteiger partial charge on any atom is 0.148 e. The van der Waals surface area contributed by atoms with Crippen molar-refractivity contribution in [3.63, 3.8) is 0 Å². The summed E-state index contributed by atoms with van der Waals surface area (Å²) in [4.78, 5) is 0. The van der Waals surface area contributed by atoms with Crippen LogP contribution in [0.2, 0.25) is 0 Å². The maximum atomic E-state index is 5.37. The van der Waals surface area contributed by atoms with E-state index in [1.807, 2.05) is 6.07 Å². The molecule has 1 aromatic heterocycles. The van der Waals surface area contributed by atoms with Crippen LogP contribution < -0.4 is 0 Å². The second-order valence-electron chi connectivity index (χ2n) is 3.42. The van der Waals surface area contributed by atoms with Crippen molar-refractivity contribution >= 4 is 0 Å². The number of hydrogen-bond donors (Lipinski definition) is 0. The lowest BCUT2D eigenvalue weighted by molar-refractivity contribution is 0.252. The third-order valence-electron chi connectivity index (χ3n) is 2.66. The molecule has 0 aromatic carbocycles. The van der Waals surface area contributed by atoms with Gasteiger partial charge in [-0.1, -0.05) is 0 Å². The maximum absolute atomic E-state index is 5.37. The summed E-state index contributed by atoms with van der Waals surface area (Å²) < 4.78 is 5.37. The van der Waals surface area contributed by atoms with Crippen molar-refractivity contribution < 1.29 is 4.42 Å². The quantitative estimate of drug-likeness (QED) is 0.588. The number of hydrogen-bond acceptors (Lipinski definition) is 3. The zero-order valence-electron chi connectivity index (χ0n) is 6.94. The fourth-order valence-corrected chi connectivity index (χ4v) is 2.03. The van der Waals surface area contributed by atoms with Crippen LogP contribution in [0, 0.1) is 0 Å². The van der Waals surface area contributed by atoms with Crippen LogP contribution in [0.4, 0.5) is 0 Å². The molecule has 0 bridgehead atoms. The van der Waals surface area contributed by atoms with Gasteiger partial charge in [-0.2, -0.15) is 0 Å². The summed E-state index contributed by atoms with van der Waals surface area (Å²) in [6.45, 7) is 2.40. The smallest absolute Gasteiger partial charge is 0.148 e. The van der Waals surface area contributed by atoms with Gasteiger partial charge in [0.2, 0.25) is 0 Å². The number of furan rings is 1. The Morgan fingerprint density at radius 2 is 2.00 bits per heavy atom. The lowest BCUT2D eigenvalue weighted by Gasteiger charge is -2.08. The van der Waals surface area contributed by atoms with Crippen molar-refractivity contribution in [2.24, 2.45) is 0 Å². The molecule has 3 heterocycles. The Morgan fingerprint density at radius 3 is 2.58 bits per heavy atom. The molecule has 0 spiro atoms. The Kier molecular flexibility index (Phi) is 1.31. The standard InChI is InChI=1S/C9H12N2O/c1-2-6-11-9(10(11)5-1)8-4-3-7-12-8/h3-4,7,9H,1-2,5-6H2. The molecule has 3 nitrogen and oxygen atoms in total. The normalized spacial score (nSPS) is 39.2. The Balaban J connectivity index is 1.81. The third kappa shape index (κ3) is 0.836. The summed E-state index contributed by atoms with van der Waals surface area (Å²) in [5.74, 6) is 1.09. The summed E-state index contributed by atoms with van der Waals surface area (Å²) in [5.41, 5.74) is 0. The van der Waals surface area contributed by atoms with Gasteiger partial charge >= 0.3 is 0 Å². The Morgan fingerprint density at radius 1 is 1.25 bits per heavy atom. The van der Waals surface area contributed by atoms with Gasteiger partial charge in [-0.3, -0.25) is 0 Å². The van der Waals surface area contributed by atoms with Crippen LogP contribution in [-0.2, 0) is 0 Å². The van der Waals surface area contributed by atoms with E-state index in [-0.39, 0.29) is 0 Å². The van der Waals surface area contributed by atoms with Gasteiger partial charge < -0.3 is 4.42 Å². The predicted molar refractivity (Wildman–Crippen MR) is 44.1 cm³/mol. The second kappa shape index (κ2) is 2.34. The van der Waals surface area contributed by atoms with Gasteiger partial charge in [-0.05, 0) is 25.0 Å². The fourth-order valence-electron chi connectivity index (χ4n) is 2.03. The predicted octanol–water partition coefficient (Wildman–Crippen LogP) is 1.60. The lowest BCUT2D eigenvalue weighted by Crippen LogP contribution is -2.16. The first-order valence-electron chi connectivity index (χ1n) is 4.53. The molecule has 12 heavy (non-hydrogen) atoms. The highest BCUT2D eigenvalue weighted by molar-refractivity contribution is 5.09. The van der Waals surface area contributed by atoms with Gasteiger partial charge in [0, 0.05) is 13.1 Å². The Labute approximate surface area is 71.5 Å². The van der Waals surface area contributed by atoms with Crippen LogP contribution in [0.3, 0.4) is 0 Å². The molecule has 1 aromatic rings. The summed E-state index contributed by atoms with van der Waals surface area (Å²) in [7, 11) is 0. The molecular formula is C9H12N2O. The molecule has 64 valence electrons. The summed E-state index contributed by atoms with van der Waals surface area (Å²) in [6, 6.07) is 4.02. The van der Waals surface area contributed by atoms with E-state index in [1.54, 1.807) is 6.26 Å². The molecule has 2 aliphatic heterocycles. The van der Waals surface area contributed by atoms with Crippen LogP contribution in [0.25, 0.3) is 0 Å². The summed E-state index contributed by atoms with van der Waals surface area (Å²) in [6.07, 6.45) is 4.87. The monoisotopic (exact) mass is 164 g/mol. The van der Waals surface area contributed by atoms with E-state index in [1.165, 1.54) is 25.9 Å². The van der Waals surface area contributed by atoms with E-state index in [4.69, 9.17) is 4.42 Å². The van der Waals surface area contributed by atoms with Crippen LogP contribution >= 0.6 is 0 Å². The Bertz CT molecular complexity index is 258. The first kappa shape index (κ1) is 6.69. The average molecular weight is 164 g/mol. The van der Waals surface area contributed by atoms with Crippen molar-refractivity contribution in [1.82, 2.24) is 10.0 Å². The van der Waals surface area contributed by atoms with Crippen molar-refractivity contribution in [3.8, 4) is 0 Å². The zero-order chi connectivity index (χ0) is 7.97. The first-order valence-corrected chi connectivity index (χ1v) is 4.53. The van der Waals surface area contributed by atoms with Crippen LogP contribution in [-0.4, -0.2) is 23.1 Å². The Hall–Kier alpha value is -0.800. The highest BCUT2D eigenvalue weighted by atomic mass is 16.3. The largest absolute Gasteiger partial charge is 0.466 e. The topological polar surface area (TPSA) is 19.2 Å². The fraction of sp³-hybridized carbons (Fsp3) is 0.556. The third-order valence-corrected chi connectivity index (χ3v) is 2.66. The minimum absolute atomic E-state index is 0.461. The molecule has 2 aliphatic rings. The molecule has 2 saturated heterocycles. The van der Waals surface area contributed by atoms with Crippen molar-refractivity contribution in [2.45, 2.75) is 19.0 Å². The average Bonchev–Trinajstić information content (AvgIpc) is 2.58. The van der Waals surface area contributed by atoms with E-state index in [0.29, 0.717) is 6.17 Å². The van der Waals surface area contributed by atoms with Gasteiger partial charge in [-0.15, -0.1) is 0 Å². The molecule has 2 atom stereocenters. The highest BCUT2D eigenvalue weighted by Crippen LogP contribution is 2.43. The number of rotatable bonds is 1. The molecule has 0 radical (unpaired) electrons. The molecule has 0 N–H and O–H groups in total. The first-order chi connectivity index (χ1) is 5.97.